The molecule has 10 heteroatoms. The molecule has 8 nitrogen and oxygen atoms in total. The minimum atomic E-state index is -3.06. The third-order valence-electron chi connectivity index (χ3n) is 6.07. The highest BCUT2D eigenvalue weighted by molar-refractivity contribution is 6.01. The molecule has 0 aliphatic carbocycles. The number of carbonyl (C=O) groups excluding carboxylic acids is 2. The number of hydrogen-bond donors (Lipinski definition) is 2. The average molecular weight is 491 g/mol. The molecular formula is C25H32F2N4O4. The number of nitrogens with zero attached hydrogens (tertiary/aromatic N) is 2. The van der Waals surface area contributed by atoms with Crippen molar-refractivity contribution in [1.29, 1.82) is 0 Å². The Morgan fingerprint density at radius 2 is 1.89 bits per heavy atom. The van der Waals surface area contributed by atoms with Crippen LogP contribution in [0.4, 0.5) is 14.5 Å². The van der Waals surface area contributed by atoms with Gasteiger partial charge in [-0.2, -0.15) is 8.78 Å². The van der Waals surface area contributed by atoms with Crippen molar-refractivity contribution in [3.63, 3.8) is 0 Å². The molecule has 2 aromatic rings. The van der Waals surface area contributed by atoms with Crippen molar-refractivity contribution in [2.75, 3.05) is 45.2 Å². The van der Waals surface area contributed by atoms with Gasteiger partial charge in [-0.3, -0.25) is 14.5 Å². The van der Waals surface area contributed by atoms with Gasteiger partial charge in [0.2, 0.25) is 11.8 Å². The number of hydrogen-bond acceptors (Lipinski definition) is 7. The highest BCUT2D eigenvalue weighted by Gasteiger charge is 2.51. The van der Waals surface area contributed by atoms with Crippen LogP contribution in [0.1, 0.15) is 36.6 Å². The number of benzene rings is 1. The van der Waals surface area contributed by atoms with Crippen LogP contribution in [0.15, 0.2) is 36.4 Å². The van der Waals surface area contributed by atoms with Crippen molar-refractivity contribution in [3.05, 3.63) is 53.2 Å². The van der Waals surface area contributed by atoms with Gasteiger partial charge in [0.25, 0.3) is 0 Å². The maximum atomic E-state index is 13.7. The zero-order valence-electron chi connectivity index (χ0n) is 20.4. The van der Waals surface area contributed by atoms with Gasteiger partial charge < -0.3 is 20.1 Å². The first-order chi connectivity index (χ1) is 16.7. The molecule has 0 bridgehead atoms. The number of aromatic nitrogens is 1. The van der Waals surface area contributed by atoms with Crippen LogP contribution in [0.2, 0.25) is 0 Å². The summed E-state index contributed by atoms with van der Waals surface area (Å²) >= 11 is 0. The largest absolute Gasteiger partial charge is 0.468 e. The van der Waals surface area contributed by atoms with Crippen molar-refractivity contribution in [2.45, 2.75) is 38.7 Å². The summed E-state index contributed by atoms with van der Waals surface area (Å²) in [4.78, 5) is 31.2. The van der Waals surface area contributed by atoms with Crippen LogP contribution in [-0.2, 0) is 19.7 Å². The van der Waals surface area contributed by atoms with Gasteiger partial charge in [-0.15, -0.1) is 0 Å². The predicted octanol–water partition coefficient (Wildman–Crippen LogP) is 3.07. The number of anilines is 1. The lowest BCUT2D eigenvalue weighted by Gasteiger charge is -2.50. The number of methoxy groups -OCH3 is 1. The van der Waals surface area contributed by atoms with E-state index in [2.05, 4.69) is 43.8 Å². The SMILES string of the molecule is COC(=O)CNCCN1CC(C(=O)Nc2ccc(C)nc2OC(F)F)(c2ccccc2C(C)C)C1. The molecule has 1 aromatic carbocycles. The number of rotatable bonds is 11. The Hall–Kier alpha value is -3.11. The van der Waals surface area contributed by atoms with Crippen LogP contribution >= 0.6 is 0 Å². The second kappa shape index (κ2) is 11.5. The number of ether oxygens (including phenoxy) is 2. The molecule has 190 valence electrons. The summed E-state index contributed by atoms with van der Waals surface area (Å²) in [5.41, 5.74) is 1.67. The van der Waals surface area contributed by atoms with Crippen molar-refractivity contribution >= 4 is 17.6 Å². The molecule has 3 rings (SSSR count). The zero-order valence-corrected chi connectivity index (χ0v) is 20.4. The maximum Gasteiger partial charge on any atom is 0.388 e. The molecule has 1 aromatic heterocycles. The number of pyridine rings is 1. The molecule has 0 saturated carbocycles. The summed E-state index contributed by atoms with van der Waals surface area (Å²) in [6, 6.07) is 10.9. The Bertz CT molecular complexity index is 1040. The van der Waals surface area contributed by atoms with Gasteiger partial charge >= 0.3 is 12.6 Å². The highest BCUT2D eigenvalue weighted by atomic mass is 19.3. The van der Waals surface area contributed by atoms with Crippen LogP contribution in [0, 0.1) is 6.92 Å². The lowest BCUT2D eigenvalue weighted by atomic mass is 9.69. The smallest absolute Gasteiger partial charge is 0.388 e. The normalized spacial score (nSPS) is 15.1. The number of likely N-dealkylation sites (tertiary alicyclic amines) is 1. The van der Waals surface area contributed by atoms with Crippen LogP contribution in [-0.4, -0.2) is 68.2 Å². The van der Waals surface area contributed by atoms with Crippen molar-refractivity contribution < 1.29 is 27.8 Å². The van der Waals surface area contributed by atoms with E-state index in [1.807, 2.05) is 24.3 Å². The van der Waals surface area contributed by atoms with Gasteiger partial charge in [-0.1, -0.05) is 38.1 Å². The summed E-state index contributed by atoms with van der Waals surface area (Å²) in [5.74, 6) is -0.787. The van der Waals surface area contributed by atoms with E-state index in [0.717, 1.165) is 11.1 Å². The van der Waals surface area contributed by atoms with Crippen molar-refractivity contribution in [2.24, 2.45) is 0 Å². The fourth-order valence-electron chi connectivity index (χ4n) is 4.29. The lowest BCUT2D eigenvalue weighted by molar-refractivity contribution is -0.139. The molecule has 0 radical (unpaired) electrons. The molecule has 0 unspecified atom stereocenters. The predicted molar refractivity (Wildman–Crippen MR) is 128 cm³/mol. The number of esters is 1. The molecule has 2 N–H and O–H groups in total. The molecule has 0 atom stereocenters. The van der Waals surface area contributed by atoms with Gasteiger partial charge in [0.15, 0.2) is 0 Å². The van der Waals surface area contributed by atoms with E-state index in [9.17, 15) is 18.4 Å². The summed E-state index contributed by atoms with van der Waals surface area (Å²) < 4.78 is 35.1. The minimum Gasteiger partial charge on any atom is -0.468 e. The van der Waals surface area contributed by atoms with Crippen LogP contribution in [0.3, 0.4) is 0 Å². The van der Waals surface area contributed by atoms with Crippen LogP contribution < -0.4 is 15.4 Å². The van der Waals surface area contributed by atoms with E-state index in [4.69, 9.17) is 0 Å². The van der Waals surface area contributed by atoms with Gasteiger partial charge in [0.1, 0.15) is 5.69 Å². The molecule has 1 aliphatic rings. The number of aryl methyl sites for hydroxylation is 1. The van der Waals surface area contributed by atoms with E-state index in [1.54, 1.807) is 13.0 Å². The molecule has 1 amide bonds. The summed E-state index contributed by atoms with van der Waals surface area (Å²) in [5, 5.41) is 5.82. The Morgan fingerprint density at radius 1 is 1.17 bits per heavy atom. The van der Waals surface area contributed by atoms with Gasteiger partial charge in [-0.05, 0) is 36.1 Å². The monoisotopic (exact) mass is 490 g/mol. The lowest BCUT2D eigenvalue weighted by Crippen LogP contribution is -2.66. The first kappa shape index (κ1) is 26.5. The van der Waals surface area contributed by atoms with E-state index in [-0.39, 0.29) is 35.9 Å². The standard InChI is InChI=1S/C25H32F2N4O4/c1-16(2)18-7-5-6-8-19(18)25(14-31(15-25)12-11-28-13-21(32)34-4)23(33)30-20-10-9-17(3)29-22(20)35-24(26)27/h5-10,16,24,28H,11-15H2,1-4H3,(H,30,33). The number of alkyl halides is 2. The molecule has 35 heavy (non-hydrogen) atoms. The maximum absolute atomic E-state index is 13.7. The van der Waals surface area contributed by atoms with Gasteiger partial charge in [0, 0.05) is 31.9 Å². The number of amides is 1. The number of nitrogens with one attached hydrogen (secondary N) is 2. The third kappa shape index (κ3) is 6.32. The fourth-order valence-corrected chi connectivity index (χ4v) is 4.29. The molecule has 1 aliphatic heterocycles. The molecule has 1 saturated heterocycles. The quantitative estimate of drug-likeness (QED) is 0.369. The van der Waals surface area contributed by atoms with Crippen molar-refractivity contribution in [3.8, 4) is 5.88 Å². The Morgan fingerprint density at radius 3 is 2.54 bits per heavy atom. The summed E-state index contributed by atoms with van der Waals surface area (Å²) in [6.07, 6.45) is 0. The topological polar surface area (TPSA) is 92.8 Å². The first-order valence-electron chi connectivity index (χ1n) is 11.5. The highest BCUT2D eigenvalue weighted by Crippen LogP contribution is 2.40. The minimum absolute atomic E-state index is 0.0977. The first-order valence-corrected chi connectivity index (χ1v) is 11.5. The van der Waals surface area contributed by atoms with Crippen LogP contribution in [0.5, 0.6) is 5.88 Å². The van der Waals surface area contributed by atoms with Gasteiger partial charge in [-0.25, -0.2) is 4.98 Å². The average Bonchev–Trinajstić information content (AvgIpc) is 2.79. The Kier molecular flexibility index (Phi) is 8.74. The molecule has 0 spiro atoms. The van der Waals surface area contributed by atoms with E-state index in [1.165, 1.54) is 13.2 Å². The second-order valence-electron chi connectivity index (χ2n) is 8.93. The Labute approximate surface area is 204 Å². The summed E-state index contributed by atoms with van der Waals surface area (Å²) in [7, 11) is 1.33. The van der Waals surface area contributed by atoms with E-state index in [0.29, 0.717) is 31.9 Å². The third-order valence-corrected chi connectivity index (χ3v) is 6.07. The van der Waals surface area contributed by atoms with Gasteiger partial charge in [0.05, 0.1) is 19.1 Å². The van der Waals surface area contributed by atoms with Crippen molar-refractivity contribution in [1.82, 2.24) is 15.2 Å². The molecular weight excluding hydrogens is 458 g/mol. The second-order valence-corrected chi connectivity index (χ2v) is 8.93. The van der Waals surface area contributed by atoms with E-state index >= 15 is 0 Å². The Balaban J connectivity index is 1.83. The molecule has 2 heterocycles. The number of halogens is 2. The fraction of sp³-hybridized carbons (Fsp3) is 0.480. The van der Waals surface area contributed by atoms with E-state index < -0.39 is 12.0 Å². The van der Waals surface area contributed by atoms with Crippen LogP contribution in [0.25, 0.3) is 0 Å². The zero-order chi connectivity index (χ0) is 25.6. The molecule has 1 fully saturated rings. The number of carbonyl (C=O) groups is 2. The summed E-state index contributed by atoms with van der Waals surface area (Å²) in [6.45, 7) is 4.88.